The maximum atomic E-state index is 12.1. The van der Waals surface area contributed by atoms with Crippen LogP contribution in [0.5, 0.6) is 0 Å². The number of hydrogen-bond donors (Lipinski definition) is 1. The topological polar surface area (TPSA) is 76.5 Å². The average Bonchev–Trinajstić information content (AvgIpc) is 2.53. The molecule has 0 amide bonds. The molecule has 120 valence electrons. The van der Waals surface area contributed by atoms with Crippen LogP contribution < -0.4 is 0 Å². The Morgan fingerprint density at radius 1 is 1.22 bits per heavy atom. The molecule has 0 aliphatic carbocycles. The predicted molar refractivity (Wildman–Crippen MR) is 88.7 cm³/mol. The van der Waals surface area contributed by atoms with Crippen molar-refractivity contribution in [3.05, 3.63) is 63.4 Å². The molecule has 1 N–H and O–H groups in total. The van der Waals surface area contributed by atoms with Crippen molar-refractivity contribution in [1.29, 1.82) is 0 Å². The molecule has 0 radical (unpaired) electrons. The van der Waals surface area contributed by atoms with Crippen molar-refractivity contribution in [1.82, 2.24) is 4.98 Å². The highest BCUT2D eigenvalue weighted by atomic mass is 79.9. The van der Waals surface area contributed by atoms with Crippen molar-refractivity contribution >= 4 is 27.9 Å². The zero-order valence-corrected chi connectivity index (χ0v) is 14.2. The standard InChI is InChI=1S/C17H16BrNO4/c1-11-13(16(20)21)5-2-6-14(11)17(22)23-9-3-4-12-7-8-15(18)19-10-12/h2,5-8,10H,3-4,9H2,1H3,(H,20,21). The number of carbonyl (C=O) groups excluding carboxylic acids is 1. The lowest BCUT2D eigenvalue weighted by molar-refractivity contribution is 0.0499. The Kier molecular flexibility index (Phi) is 5.87. The van der Waals surface area contributed by atoms with Gasteiger partial charge in [-0.1, -0.05) is 12.1 Å². The van der Waals surface area contributed by atoms with Crippen LogP contribution in [0.3, 0.4) is 0 Å². The number of rotatable bonds is 6. The van der Waals surface area contributed by atoms with E-state index in [-0.39, 0.29) is 17.7 Å². The molecular weight excluding hydrogens is 362 g/mol. The third-order valence-corrected chi connectivity index (χ3v) is 3.88. The molecule has 6 heteroatoms. The maximum Gasteiger partial charge on any atom is 0.338 e. The first-order valence-corrected chi connectivity index (χ1v) is 7.89. The first-order chi connectivity index (χ1) is 11.0. The largest absolute Gasteiger partial charge is 0.478 e. The van der Waals surface area contributed by atoms with Gasteiger partial charge in [-0.2, -0.15) is 0 Å². The van der Waals surface area contributed by atoms with E-state index in [0.717, 1.165) is 16.6 Å². The van der Waals surface area contributed by atoms with E-state index < -0.39 is 11.9 Å². The van der Waals surface area contributed by atoms with Gasteiger partial charge in [0.2, 0.25) is 0 Å². The summed E-state index contributed by atoms with van der Waals surface area (Å²) >= 11 is 3.27. The summed E-state index contributed by atoms with van der Waals surface area (Å²) in [6.07, 6.45) is 3.20. The second-order valence-corrected chi connectivity index (χ2v) is 5.82. The Morgan fingerprint density at radius 3 is 2.61 bits per heavy atom. The first kappa shape index (κ1) is 17.1. The number of aryl methyl sites for hydroxylation is 1. The van der Waals surface area contributed by atoms with Gasteiger partial charge in [-0.05, 0) is 65.0 Å². The lowest BCUT2D eigenvalue weighted by atomic mass is 10.0. The van der Waals surface area contributed by atoms with Gasteiger partial charge < -0.3 is 9.84 Å². The molecule has 0 atom stereocenters. The summed E-state index contributed by atoms with van der Waals surface area (Å²) in [4.78, 5) is 27.3. The summed E-state index contributed by atoms with van der Waals surface area (Å²) in [5.41, 5.74) is 1.88. The van der Waals surface area contributed by atoms with Crippen molar-refractivity contribution in [2.75, 3.05) is 6.61 Å². The van der Waals surface area contributed by atoms with Crippen LogP contribution in [0.25, 0.3) is 0 Å². The van der Waals surface area contributed by atoms with Crippen LogP contribution >= 0.6 is 15.9 Å². The average molecular weight is 378 g/mol. The second-order valence-electron chi connectivity index (χ2n) is 5.01. The fourth-order valence-electron chi connectivity index (χ4n) is 2.16. The molecule has 0 saturated carbocycles. The molecule has 1 aromatic carbocycles. The van der Waals surface area contributed by atoms with Crippen molar-refractivity contribution in [3.8, 4) is 0 Å². The number of benzene rings is 1. The normalized spacial score (nSPS) is 10.3. The van der Waals surface area contributed by atoms with Crippen molar-refractivity contribution in [2.45, 2.75) is 19.8 Å². The minimum atomic E-state index is -1.06. The predicted octanol–water partition coefficient (Wildman–Crippen LogP) is 3.64. The van der Waals surface area contributed by atoms with Gasteiger partial charge in [-0.3, -0.25) is 0 Å². The Balaban J connectivity index is 1.89. The van der Waals surface area contributed by atoms with E-state index in [9.17, 15) is 9.59 Å². The van der Waals surface area contributed by atoms with Crippen molar-refractivity contribution < 1.29 is 19.4 Å². The molecule has 1 aromatic heterocycles. The number of pyridine rings is 1. The quantitative estimate of drug-likeness (QED) is 0.472. The molecule has 0 saturated heterocycles. The van der Waals surface area contributed by atoms with Gasteiger partial charge in [-0.25, -0.2) is 14.6 Å². The highest BCUT2D eigenvalue weighted by Crippen LogP contribution is 2.15. The molecule has 0 bridgehead atoms. The number of aromatic nitrogens is 1. The third-order valence-electron chi connectivity index (χ3n) is 3.42. The number of ether oxygens (including phenoxy) is 1. The minimum Gasteiger partial charge on any atom is -0.478 e. The summed E-state index contributed by atoms with van der Waals surface area (Å²) in [5, 5.41) is 9.07. The molecule has 2 aromatic rings. The molecule has 23 heavy (non-hydrogen) atoms. The SMILES string of the molecule is Cc1c(C(=O)O)cccc1C(=O)OCCCc1ccc(Br)nc1. The van der Waals surface area contributed by atoms with Crippen LogP contribution in [-0.2, 0) is 11.2 Å². The smallest absolute Gasteiger partial charge is 0.338 e. The summed E-state index contributed by atoms with van der Waals surface area (Å²) < 4.78 is 6.01. The van der Waals surface area contributed by atoms with Gasteiger partial charge >= 0.3 is 11.9 Å². The fraction of sp³-hybridized carbons (Fsp3) is 0.235. The first-order valence-electron chi connectivity index (χ1n) is 7.09. The van der Waals surface area contributed by atoms with E-state index in [2.05, 4.69) is 20.9 Å². The van der Waals surface area contributed by atoms with E-state index in [4.69, 9.17) is 9.84 Å². The molecule has 0 aliphatic rings. The molecule has 5 nitrogen and oxygen atoms in total. The number of hydrogen-bond acceptors (Lipinski definition) is 4. The van der Waals surface area contributed by atoms with Gasteiger partial charge in [0.25, 0.3) is 0 Å². The number of nitrogens with zero attached hydrogens (tertiary/aromatic N) is 1. The van der Waals surface area contributed by atoms with Crippen LogP contribution in [0.2, 0.25) is 0 Å². The fourth-order valence-corrected chi connectivity index (χ4v) is 2.40. The Hall–Kier alpha value is -2.21. The van der Waals surface area contributed by atoms with Crippen LogP contribution in [-0.4, -0.2) is 28.6 Å². The summed E-state index contributed by atoms with van der Waals surface area (Å²) in [7, 11) is 0. The van der Waals surface area contributed by atoms with Gasteiger partial charge in [0.15, 0.2) is 0 Å². The van der Waals surface area contributed by atoms with Gasteiger partial charge in [0, 0.05) is 6.20 Å². The number of carboxylic acids is 1. The second kappa shape index (κ2) is 7.87. The molecule has 0 aliphatic heterocycles. The lowest BCUT2D eigenvalue weighted by Crippen LogP contribution is -2.11. The molecule has 0 fully saturated rings. The number of halogens is 1. The summed E-state index contributed by atoms with van der Waals surface area (Å²) in [6, 6.07) is 8.40. The van der Waals surface area contributed by atoms with Crippen LogP contribution in [0.15, 0.2) is 41.1 Å². The Bertz CT molecular complexity index is 713. The monoisotopic (exact) mass is 377 g/mol. The van der Waals surface area contributed by atoms with Crippen LogP contribution in [0, 0.1) is 6.92 Å². The number of carbonyl (C=O) groups is 2. The van der Waals surface area contributed by atoms with Gasteiger partial charge in [-0.15, -0.1) is 0 Å². The van der Waals surface area contributed by atoms with E-state index in [1.807, 2.05) is 12.1 Å². The summed E-state index contributed by atoms with van der Waals surface area (Å²) in [5.74, 6) is -1.56. The number of aromatic carboxylic acids is 1. The van der Waals surface area contributed by atoms with Gasteiger partial charge in [0.05, 0.1) is 17.7 Å². The van der Waals surface area contributed by atoms with Crippen molar-refractivity contribution in [2.24, 2.45) is 0 Å². The van der Waals surface area contributed by atoms with E-state index in [0.29, 0.717) is 12.0 Å². The molecule has 1 heterocycles. The zero-order valence-electron chi connectivity index (χ0n) is 12.6. The van der Waals surface area contributed by atoms with Crippen molar-refractivity contribution in [3.63, 3.8) is 0 Å². The van der Waals surface area contributed by atoms with Crippen LogP contribution in [0.4, 0.5) is 0 Å². The highest BCUT2D eigenvalue weighted by Gasteiger charge is 2.16. The minimum absolute atomic E-state index is 0.111. The van der Waals surface area contributed by atoms with Crippen LogP contribution in [0.1, 0.15) is 38.3 Å². The van der Waals surface area contributed by atoms with Gasteiger partial charge in [0.1, 0.15) is 4.60 Å². The third kappa shape index (κ3) is 4.63. The number of carboxylic acid groups (broad SMARTS) is 1. The Labute approximate surface area is 142 Å². The van der Waals surface area contributed by atoms with E-state index in [1.165, 1.54) is 6.07 Å². The Morgan fingerprint density at radius 2 is 1.96 bits per heavy atom. The zero-order chi connectivity index (χ0) is 16.8. The number of esters is 1. The molecule has 2 rings (SSSR count). The van der Waals surface area contributed by atoms with E-state index in [1.54, 1.807) is 25.3 Å². The van der Waals surface area contributed by atoms with E-state index >= 15 is 0 Å². The molecule has 0 spiro atoms. The molecular formula is C17H16BrNO4. The lowest BCUT2D eigenvalue weighted by Gasteiger charge is -2.09. The summed E-state index contributed by atoms with van der Waals surface area (Å²) in [6.45, 7) is 1.87. The molecule has 0 unspecified atom stereocenters. The maximum absolute atomic E-state index is 12.1. The highest BCUT2D eigenvalue weighted by molar-refractivity contribution is 9.10.